The number of rotatable bonds is 1. The van der Waals surface area contributed by atoms with E-state index >= 15 is 0 Å². The van der Waals surface area contributed by atoms with Gasteiger partial charge < -0.3 is 4.90 Å². The highest BCUT2D eigenvalue weighted by molar-refractivity contribution is 14.1. The average Bonchev–Trinajstić information content (AvgIpc) is 2.47. The first kappa shape index (κ1) is 10.2. The summed E-state index contributed by atoms with van der Waals surface area (Å²) in [5, 5.41) is 0. The molecule has 1 aliphatic rings. The van der Waals surface area contributed by atoms with E-state index in [0.717, 1.165) is 5.82 Å². The highest BCUT2D eigenvalue weighted by atomic mass is 127. The molecule has 0 atom stereocenters. The van der Waals surface area contributed by atoms with Crippen LogP contribution in [0.3, 0.4) is 0 Å². The van der Waals surface area contributed by atoms with E-state index in [1.165, 1.54) is 42.3 Å². The quantitative estimate of drug-likeness (QED) is 0.741. The molecule has 3 heteroatoms. The maximum Gasteiger partial charge on any atom is 0.128 e. The summed E-state index contributed by atoms with van der Waals surface area (Å²) in [5.74, 6) is 1.15. The minimum absolute atomic E-state index is 1.15. The van der Waals surface area contributed by atoms with E-state index in [1.807, 2.05) is 6.20 Å². The van der Waals surface area contributed by atoms with Crippen LogP contribution < -0.4 is 4.90 Å². The molecule has 0 amide bonds. The number of hydrogen-bond donors (Lipinski definition) is 0. The zero-order valence-electron chi connectivity index (χ0n) is 8.25. The lowest BCUT2D eigenvalue weighted by molar-refractivity contribution is 0.726. The van der Waals surface area contributed by atoms with Crippen LogP contribution in [0.5, 0.6) is 0 Å². The van der Waals surface area contributed by atoms with Gasteiger partial charge in [-0.05, 0) is 47.6 Å². The van der Waals surface area contributed by atoms with Crippen molar-refractivity contribution in [3.05, 3.63) is 21.9 Å². The number of nitrogens with zero attached hydrogens (tertiary/aromatic N) is 2. The first-order valence-corrected chi connectivity index (χ1v) is 6.30. The second-order valence-corrected chi connectivity index (χ2v) is 4.98. The first-order valence-electron chi connectivity index (χ1n) is 5.23. The van der Waals surface area contributed by atoms with Crippen molar-refractivity contribution >= 4 is 28.4 Å². The minimum atomic E-state index is 1.15. The van der Waals surface area contributed by atoms with E-state index in [1.54, 1.807) is 0 Å². The monoisotopic (exact) mass is 302 g/mol. The van der Waals surface area contributed by atoms with Crippen molar-refractivity contribution in [3.63, 3.8) is 0 Å². The first-order chi connectivity index (χ1) is 6.86. The van der Waals surface area contributed by atoms with Crippen molar-refractivity contribution in [1.82, 2.24) is 4.98 Å². The minimum Gasteiger partial charge on any atom is -0.357 e. The van der Waals surface area contributed by atoms with Gasteiger partial charge in [-0.3, -0.25) is 0 Å². The molecule has 2 rings (SSSR count). The van der Waals surface area contributed by atoms with E-state index in [4.69, 9.17) is 0 Å². The molecule has 2 nitrogen and oxygen atoms in total. The lowest BCUT2D eigenvalue weighted by Crippen LogP contribution is -2.24. The smallest absolute Gasteiger partial charge is 0.128 e. The molecule has 0 aliphatic carbocycles. The molecule has 1 aromatic rings. The van der Waals surface area contributed by atoms with Crippen LogP contribution in [0.2, 0.25) is 0 Å². The number of aromatic nitrogens is 1. The Bertz CT molecular complexity index is 276. The lowest BCUT2D eigenvalue weighted by atomic mass is 10.2. The predicted molar refractivity (Wildman–Crippen MR) is 67.6 cm³/mol. The van der Waals surface area contributed by atoms with Crippen LogP contribution in [0.15, 0.2) is 18.3 Å². The van der Waals surface area contributed by atoms with E-state index < -0.39 is 0 Å². The van der Waals surface area contributed by atoms with Crippen LogP contribution in [0.1, 0.15) is 25.7 Å². The van der Waals surface area contributed by atoms with E-state index in [-0.39, 0.29) is 0 Å². The summed E-state index contributed by atoms with van der Waals surface area (Å²) in [6, 6.07) is 4.26. The zero-order valence-corrected chi connectivity index (χ0v) is 10.4. The molecule has 14 heavy (non-hydrogen) atoms. The Morgan fingerprint density at radius 2 is 1.79 bits per heavy atom. The molecule has 1 fully saturated rings. The summed E-state index contributed by atoms with van der Waals surface area (Å²) >= 11 is 2.29. The van der Waals surface area contributed by atoms with Gasteiger partial charge in [0.15, 0.2) is 0 Å². The van der Waals surface area contributed by atoms with Crippen LogP contribution in [0.25, 0.3) is 0 Å². The molecule has 0 radical (unpaired) electrons. The molecule has 0 unspecified atom stereocenters. The summed E-state index contributed by atoms with van der Waals surface area (Å²) in [6.45, 7) is 2.35. The van der Waals surface area contributed by atoms with E-state index in [0.29, 0.717) is 0 Å². The molecular formula is C11H15IN2. The van der Waals surface area contributed by atoms with Gasteiger partial charge in [-0.2, -0.15) is 0 Å². The van der Waals surface area contributed by atoms with Crippen LogP contribution >= 0.6 is 22.6 Å². The second kappa shape index (κ2) is 4.96. The molecule has 1 aromatic heterocycles. The van der Waals surface area contributed by atoms with Gasteiger partial charge in [0, 0.05) is 22.9 Å². The number of halogens is 1. The van der Waals surface area contributed by atoms with Gasteiger partial charge in [-0.15, -0.1) is 0 Å². The Morgan fingerprint density at radius 1 is 1.07 bits per heavy atom. The third-order valence-electron chi connectivity index (χ3n) is 2.64. The number of anilines is 1. The van der Waals surface area contributed by atoms with Crippen molar-refractivity contribution in [2.24, 2.45) is 0 Å². The SMILES string of the molecule is Ic1ccc(N2CCCCCC2)nc1. The largest absolute Gasteiger partial charge is 0.357 e. The fraction of sp³-hybridized carbons (Fsp3) is 0.545. The summed E-state index contributed by atoms with van der Waals surface area (Å²) in [6.07, 6.45) is 7.32. The van der Waals surface area contributed by atoms with Crippen molar-refractivity contribution in [3.8, 4) is 0 Å². The van der Waals surface area contributed by atoms with Gasteiger partial charge >= 0.3 is 0 Å². The summed E-state index contributed by atoms with van der Waals surface area (Å²) < 4.78 is 1.21. The average molecular weight is 302 g/mol. The highest BCUT2D eigenvalue weighted by Gasteiger charge is 2.10. The number of hydrogen-bond acceptors (Lipinski definition) is 2. The molecule has 2 heterocycles. The lowest BCUT2D eigenvalue weighted by Gasteiger charge is -2.20. The van der Waals surface area contributed by atoms with E-state index in [9.17, 15) is 0 Å². The Balaban J connectivity index is 2.08. The highest BCUT2D eigenvalue weighted by Crippen LogP contribution is 2.17. The topological polar surface area (TPSA) is 16.1 Å². The summed E-state index contributed by atoms with van der Waals surface area (Å²) in [7, 11) is 0. The van der Waals surface area contributed by atoms with Gasteiger partial charge in [0.2, 0.25) is 0 Å². The maximum absolute atomic E-state index is 4.46. The third-order valence-corrected chi connectivity index (χ3v) is 3.28. The predicted octanol–water partition coefficient (Wildman–Crippen LogP) is 3.07. The molecule has 0 aromatic carbocycles. The van der Waals surface area contributed by atoms with Crippen LogP contribution in [-0.4, -0.2) is 18.1 Å². The van der Waals surface area contributed by atoms with Gasteiger partial charge in [0.1, 0.15) is 5.82 Å². The summed E-state index contributed by atoms with van der Waals surface area (Å²) in [5.41, 5.74) is 0. The molecule has 0 saturated carbocycles. The molecule has 1 saturated heterocycles. The summed E-state index contributed by atoms with van der Waals surface area (Å²) in [4.78, 5) is 6.87. The van der Waals surface area contributed by atoms with Crippen molar-refractivity contribution in [1.29, 1.82) is 0 Å². The molecule has 1 aliphatic heterocycles. The van der Waals surface area contributed by atoms with Crippen molar-refractivity contribution in [2.75, 3.05) is 18.0 Å². The van der Waals surface area contributed by atoms with Crippen LogP contribution in [-0.2, 0) is 0 Å². The van der Waals surface area contributed by atoms with Crippen LogP contribution in [0, 0.1) is 3.57 Å². The van der Waals surface area contributed by atoms with Gasteiger partial charge in [0.05, 0.1) is 0 Å². The second-order valence-electron chi connectivity index (χ2n) is 3.74. The van der Waals surface area contributed by atoms with Crippen molar-refractivity contribution < 1.29 is 0 Å². The third kappa shape index (κ3) is 2.59. The molecule has 0 bridgehead atoms. The van der Waals surface area contributed by atoms with Gasteiger partial charge in [0.25, 0.3) is 0 Å². The maximum atomic E-state index is 4.46. The molecule has 0 spiro atoms. The zero-order chi connectivity index (χ0) is 9.80. The van der Waals surface area contributed by atoms with E-state index in [2.05, 4.69) is 44.6 Å². The fourth-order valence-corrected chi connectivity index (χ4v) is 2.17. The molecule has 76 valence electrons. The Morgan fingerprint density at radius 3 is 2.36 bits per heavy atom. The van der Waals surface area contributed by atoms with Gasteiger partial charge in [-0.25, -0.2) is 4.98 Å². The number of pyridine rings is 1. The van der Waals surface area contributed by atoms with Gasteiger partial charge in [-0.1, -0.05) is 12.8 Å². The normalized spacial score (nSPS) is 17.9. The standard InChI is InChI=1S/C11H15IN2/c12-10-5-6-11(13-9-10)14-7-3-1-2-4-8-14/h5-6,9H,1-4,7-8H2. The Kier molecular flexibility index (Phi) is 3.61. The Labute approximate surface area is 98.9 Å². The Hall–Kier alpha value is -0.320. The van der Waals surface area contributed by atoms with Crippen molar-refractivity contribution in [2.45, 2.75) is 25.7 Å². The molecular weight excluding hydrogens is 287 g/mol. The fourth-order valence-electron chi connectivity index (χ4n) is 1.85. The van der Waals surface area contributed by atoms with Crippen LogP contribution in [0.4, 0.5) is 5.82 Å². The molecule has 0 N–H and O–H groups in total.